The van der Waals surface area contributed by atoms with Crippen LogP contribution in [0.2, 0.25) is 0 Å². The Hall–Kier alpha value is -5.71. The molecule has 0 heterocycles. The number of hydrogen-bond acceptors (Lipinski definition) is 9. The summed E-state index contributed by atoms with van der Waals surface area (Å²) < 4.78 is 5.87. The Kier molecular flexibility index (Phi) is 12.2. The van der Waals surface area contributed by atoms with Crippen LogP contribution in [0.1, 0.15) is 11.1 Å². The number of rotatable bonds is 10. The SMILES string of the molecule is Cl.N=C(N)N/N=C(\C=N\NC(=N)N)c1ccc(Oc2ccc(C(/C=N/NC(=N)N)=N\NC(=N)N)cc2)cc1. The van der Waals surface area contributed by atoms with Gasteiger partial charge in [-0.25, -0.2) is 21.7 Å². The molecule has 0 atom stereocenters. The summed E-state index contributed by atoms with van der Waals surface area (Å²) in [4.78, 5) is 0. The van der Waals surface area contributed by atoms with Crippen LogP contribution in [-0.2, 0) is 0 Å². The van der Waals surface area contributed by atoms with Gasteiger partial charge in [-0.3, -0.25) is 21.6 Å². The van der Waals surface area contributed by atoms with E-state index in [4.69, 9.17) is 49.3 Å². The first-order valence-corrected chi connectivity index (χ1v) is 10.1. The predicted molar refractivity (Wildman–Crippen MR) is 150 cm³/mol. The summed E-state index contributed by atoms with van der Waals surface area (Å²) in [6.07, 6.45) is 2.61. The number of hydrazone groups is 4. The van der Waals surface area contributed by atoms with Crippen molar-refractivity contribution in [3.63, 3.8) is 0 Å². The monoisotopic (exact) mass is 542 g/mol. The van der Waals surface area contributed by atoms with E-state index in [-0.39, 0.29) is 36.2 Å². The maximum Gasteiger partial charge on any atom is 0.206 e. The Morgan fingerprint density at radius 3 is 1.18 bits per heavy atom. The van der Waals surface area contributed by atoms with Crippen LogP contribution in [0.4, 0.5) is 0 Å². The number of halogens is 1. The van der Waals surface area contributed by atoms with Crippen LogP contribution in [0.25, 0.3) is 0 Å². The third-order valence-electron chi connectivity index (χ3n) is 3.87. The molecule has 0 aliphatic carbocycles. The van der Waals surface area contributed by atoms with Crippen LogP contribution in [0.5, 0.6) is 11.5 Å². The minimum absolute atomic E-state index is 0. The van der Waals surface area contributed by atoms with E-state index in [1.807, 2.05) is 0 Å². The first-order chi connectivity index (χ1) is 17.6. The maximum atomic E-state index is 7.26. The molecule has 0 aliphatic heterocycles. The molecule has 16 N–H and O–H groups in total. The van der Waals surface area contributed by atoms with Gasteiger partial charge in [0.15, 0.2) is 0 Å². The lowest BCUT2D eigenvalue weighted by molar-refractivity contribution is 0.482. The van der Waals surface area contributed by atoms with Crippen LogP contribution in [0.15, 0.2) is 68.9 Å². The molecule has 0 unspecified atom stereocenters. The van der Waals surface area contributed by atoms with E-state index in [9.17, 15) is 0 Å². The summed E-state index contributed by atoms with van der Waals surface area (Å²) in [5, 5.41) is 44.4. The molecule has 0 aromatic heterocycles. The van der Waals surface area contributed by atoms with Crippen molar-refractivity contribution in [2.75, 3.05) is 0 Å². The quantitative estimate of drug-likeness (QED) is 0.101. The number of hydrogen-bond donors (Lipinski definition) is 12. The highest BCUT2D eigenvalue weighted by atomic mass is 35.5. The Bertz CT molecular complexity index is 1150. The summed E-state index contributed by atoms with van der Waals surface area (Å²) in [5.41, 5.74) is 32.0. The first-order valence-electron chi connectivity index (χ1n) is 10.1. The van der Waals surface area contributed by atoms with E-state index in [1.165, 1.54) is 12.4 Å². The van der Waals surface area contributed by atoms with Gasteiger partial charge in [-0.1, -0.05) is 0 Å². The lowest BCUT2D eigenvalue weighted by Crippen LogP contribution is -2.28. The van der Waals surface area contributed by atoms with Crippen molar-refractivity contribution in [3.8, 4) is 11.5 Å². The van der Waals surface area contributed by atoms with Crippen molar-refractivity contribution in [1.82, 2.24) is 21.7 Å². The molecular formula is C20H27ClN16O. The minimum atomic E-state index is -0.361. The normalized spacial score (nSPS) is 11.4. The number of nitrogens with zero attached hydrogens (tertiary/aromatic N) is 4. The molecule has 0 amide bonds. The lowest BCUT2D eigenvalue weighted by Gasteiger charge is -2.09. The Morgan fingerprint density at radius 2 is 0.895 bits per heavy atom. The van der Waals surface area contributed by atoms with Crippen molar-refractivity contribution in [1.29, 1.82) is 21.6 Å². The van der Waals surface area contributed by atoms with Crippen molar-refractivity contribution < 1.29 is 4.74 Å². The largest absolute Gasteiger partial charge is 0.457 e. The molecule has 0 bridgehead atoms. The Morgan fingerprint density at radius 1 is 0.579 bits per heavy atom. The summed E-state index contributed by atoms with van der Waals surface area (Å²) in [6.45, 7) is 0. The predicted octanol–water partition coefficient (Wildman–Crippen LogP) is -0.787. The highest BCUT2D eigenvalue weighted by molar-refractivity contribution is 6.38. The van der Waals surface area contributed by atoms with Crippen LogP contribution in [0.3, 0.4) is 0 Å². The highest BCUT2D eigenvalue weighted by Crippen LogP contribution is 2.22. The molecule has 2 aromatic carbocycles. The first kappa shape index (κ1) is 30.3. The number of benzene rings is 2. The zero-order valence-electron chi connectivity index (χ0n) is 19.7. The molecule has 0 aliphatic rings. The molecule has 2 aromatic rings. The van der Waals surface area contributed by atoms with Gasteiger partial charge >= 0.3 is 0 Å². The second-order valence-corrected chi connectivity index (χ2v) is 6.76. The second kappa shape index (κ2) is 15.3. The van der Waals surface area contributed by atoms with E-state index in [0.29, 0.717) is 34.0 Å². The Balaban J connectivity index is 0.00000722. The van der Waals surface area contributed by atoms with Crippen LogP contribution in [0, 0.1) is 21.6 Å². The van der Waals surface area contributed by atoms with Gasteiger partial charge in [0.2, 0.25) is 23.8 Å². The second-order valence-electron chi connectivity index (χ2n) is 6.76. The molecule has 18 heteroatoms. The van der Waals surface area contributed by atoms with Crippen molar-refractivity contribution in [2.45, 2.75) is 0 Å². The van der Waals surface area contributed by atoms with E-state index >= 15 is 0 Å². The van der Waals surface area contributed by atoms with E-state index in [0.717, 1.165) is 0 Å². The standard InChI is InChI=1S/C20H26N16O.ClH/c21-17(22)33-29-9-15(31-35-19(25)26)11-1-5-13(6-2-11)37-14-7-3-12(4-8-14)16(32-36-20(27)28)10-30-34-18(23)24;/h1-10H,(H4,21,22,33)(H4,23,24,34)(H4,25,26,35)(H4,27,28,36);1H/b29-9+,30-10+,31-15-,32-16+;. The molecule has 200 valence electrons. The van der Waals surface area contributed by atoms with Crippen molar-refractivity contribution in [2.24, 2.45) is 43.3 Å². The van der Waals surface area contributed by atoms with E-state index in [1.54, 1.807) is 48.5 Å². The third kappa shape index (κ3) is 11.1. The number of guanidine groups is 4. The van der Waals surface area contributed by atoms with Crippen LogP contribution in [-0.4, -0.2) is 47.7 Å². The molecule has 0 fully saturated rings. The molecule has 38 heavy (non-hydrogen) atoms. The van der Waals surface area contributed by atoms with Gasteiger partial charge in [-0.05, 0) is 48.5 Å². The number of nitrogens with one attached hydrogen (secondary N) is 8. The van der Waals surface area contributed by atoms with Gasteiger partial charge < -0.3 is 27.7 Å². The summed E-state index contributed by atoms with van der Waals surface area (Å²) in [6, 6.07) is 13.6. The molecule has 0 saturated carbocycles. The minimum Gasteiger partial charge on any atom is -0.457 e. The van der Waals surface area contributed by atoms with Gasteiger partial charge in [0.1, 0.15) is 22.9 Å². The van der Waals surface area contributed by atoms with Crippen LogP contribution < -0.4 is 49.4 Å². The number of ether oxygens (including phenoxy) is 1. The van der Waals surface area contributed by atoms with Gasteiger partial charge in [0.25, 0.3) is 0 Å². The average Bonchev–Trinajstić information content (AvgIpc) is 2.84. The summed E-state index contributed by atoms with van der Waals surface area (Å²) in [5.74, 6) is -0.375. The lowest BCUT2D eigenvalue weighted by atomic mass is 10.1. The van der Waals surface area contributed by atoms with Crippen LogP contribution >= 0.6 is 12.4 Å². The smallest absolute Gasteiger partial charge is 0.206 e. The number of nitrogens with two attached hydrogens (primary N) is 4. The summed E-state index contributed by atoms with van der Waals surface area (Å²) >= 11 is 0. The highest BCUT2D eigenvalue weighted by Gasteiger charge is 2.06. The zero-order chi connectivity index (χ0) is 27.2. The maximum absolute atomic E-state index is 7.26. The molecule has 0 spiro atoms. The van der Waals surface area contributed by atoms with Gasteiger partial charge in [0.05, 0.1) is 12.4 Å². The third-order valence-corrected chi connectivity index (χ3v) is 3.87. The molecule has 0 saturated heterocycles. The molecule has 17 nitrogen and oxygen atoms in total. The fourth-order valence-corrected chi connectivity index (χ4v) is 2.43. The fourth-order valence-electron chi connectivity index (χ4n) is 2.43. The van der Waals surface area contributed by atoms with Crippen molar-refractivity contribution in [3.05, 3.63) is 59.7 Å². The zero-order valence-corrected chi connectivity index (χ0v) is 20.5. The molecular weight excluding hydrogens is 516 g/mol. The van der Waals surface area contributed by atoms with E-state index in [2.05, 4.69) is 42.1 Å². The Labute approximate surface area is 222 Å². The topological polar surface area (TPSA) is 306 Å². The molecule has 2 rings (SSSR count). The van der Waals surface area contributed by atoms with Gasteiger partial charge in [-0.2, -0.15) is 20.4 Å². The average molecular weight is 543 g/mol. The molecule has 0 radical (unpaired) electrons. The van der Waals surface area contributed by atoms with E-state index < -0.39 is 0 Å². The fraction of sp³-hybridized carbons (Fsp3) is 0. The van der Waals surface area contributed by atoms with Crippen molar-refractivity contribution >= 4 is 60.1 Å². The summed E-state index contributed by atoms with van der Waals surface area (Å²) in [7, 11) is 0. The van der Waals surface area contributed by atoms with Gasteiger partial charge in [0, 0.05) is 11.1 Å². The van der Waals surface area contributed by atoms with Gasteiger partial charge in [-0.15, -0.1) is 12.4 Å².